The Morgan fingerprint density at radius 3 is 2.68 bits per heavy atom. The summed E-state index contributed by atoms with van der Waals surface area (Å²) in [4.78, 5) is 39.0. The van der Waals surface area contributed by atoms with Gasteiger partial charge < -0.3 is 15.0 Å². The molecule has 1 aliphatic carbocycles. The van der Waals surface area contributed by atoms with Gasteiger partial charge in [-0.25, -0.2) is 4.79 Å². The first-order chi connectivity index (χ1) is 13.5. The number of hydrogen-bond donors (Lipinski definition) is 1. The number of benzene rings is 1. The highest BCUT2D eigenvalue weighted by Crippen LogP contribution is 2.54. The summed E-state index contributed by atoms with van der Waals surface area (Å²) in [5, 5.41) is 2.96. The molecular weight excluding hydrogens is 376 g/mol. The number of hydrogen-bond acceptors (Lipinski definition) is 5. The molecule has 3 aliphatic rings. The average molecular weight is 403 g/mol. The summed E-state index contributed by atoms with van der Waals surface area (Å²) < 4.78 is 5.49. The average Bonchev–Trinajstić information content (AvgIpc) is 3.41. The maximum Gasteiger partial charge on any atom is 0.330 e. The summed E-state index contributed by atoms with van der Waals surface area (Å²) in [5.41, 5.74) is 1.04. The molecule has 2 amide bonds. The summed E-state index contributed by atoms with van der Waals surface area (Å²) in [6, 6.07) is 9.38. The molecule has 1 N–H and O–H groups in total. The van der Waals surface area contributed by atoms with Crippen LogP contribution in [0.4, 0.5) is 0 Å². The van der Waals surface area contributed by atoms with E-state index < -0.39 is 23.0 Å². The lowest BCUT2D eigenvalue weighted by molar-refractivity contribution is -0.161. The van der Waals surface area contributed by atoms with Crippen molar-refractivity contribution in [2.45, 2.75) is 68.5 Å². The van der Waals surface area contributed by atoms with E-state index in [1.165, 1.54) is 0 Å². The molecule has 3 atom stereocenters. The molecule has 0 spiro atoms. The van der Waals surface area contributed by atoms with Crippen LogP contribution in [0.5, 0.6) is 0 Å². The summed E-state index contributed by atoms with van der Waals surface area (Å²) >= 11 is 1.62. The minimum absolute atomic E-state index is 0.0288. The van der Waals surface area contributed by atoms with Crippen LogP contribution in [0.3, 0.4) is 0 Å². The van der Waals surface area contributed by atoms with Crippen molar-refractivity contribution < 1.29 is 19.1 Å². The molecule has 1 aromatic carbocycles. The third-order valence-corrected chi connectivity index (χ3v) is 7.58. The van der Waals surface area contributed by atoms with Crippen molar-refractivity contribution in [2.75, 3.05) is 5.75 Å². The van der Waals surface area contributed by atoms with E-state index in [-0.39, 0.29) is 17.9 Å². The molecule has 0 radical (unpaired) electrons. The maximum absolute atomic E-state index is 12.8. The largest absolute Gasteiger partial charge is 0.451 e. The van der Waals surface area contributed by atoms with Crippen LogP contribution >= 0.6 is 11.8 Å². The van der Waals surface area contributed by atoms with Gasteiger partial charge in [-0.2, -0.15) is 0 Å². The van der Waals surface area contributed by atoms with Gasteiger partial charge in [-0.1, -0.05) is 43.2 Å². The Bertz CT molecular complexity index is 765. The molecule has 150 valence electrons. The lowest BCUT2D eigenvalue weighted by Gasteiger charge is -2.34. The molecule has 0 aromatic heterocycles. The fourth-order valence-electron chi connectivity index (χ4n) is 4.51. The standard InChI is InChI=1S/C21H26N2O4S/c1-14(19(25)22-16-9-5-6-10-16)27-20(26)17-13-28-21(12-11-18(24)23(17)21)15-7-3-2-4-8-15/h2-4,7-8,14,16-17H,5-6,9-13H2,1H3,(H,22,25)/t14-,17+,21+/m0/s1. The van der Waals surface area contributed by atoms with Gasteiger partial charge >= 0.3 is 5.97 Å². The highest BCUT2D eigenvalue weighted by Gasteiger charge is 2.57. The van der Waals surface area contributed by atoms with Crippen LogP contribution in [0, 0.1) is 0 Å². The predicted molar refractivity (Wildman–Crippen MR) is 106 cm³/mol. The van der Waals surface area contributed by atoms with Gasteiger partial charge in [-0.05, 0) is 31.7 Å². The molecule has 4 rings (SSSR count). The number of amides is 2. The monoisotopic (exact) mass is 402 g/mol. The van der Waals surface area contributed by atoms with E-state index in [0.29, 0.717) is 18.6 Å². The molecular formula is C21H26N2O4S. The summed E-state index contributed by atoms with van der Waals surface area (Å²) in [7, 11) is 0. The highest BCUT2D eigenvalue weighted by molar-refractivity contribution is 8.00. The molecule has 3 fully saturated rings. The van der Waals surface area contributed by atoms with Gasteiger partial charge in [0, 0.05) is 18.2 Å². The normalized spacial score (nSPS) is 28.2. The first-order valence-corrected chi connectivity index (χ1v) is 11.0. The van der Waals surface area contributed by atoms with E-state index in [2.05, 4.69) is 5.32 Å². The van der Waals surface area contributed by atoms with Crippen molar-refractivity contribution in [3.05, 3.63) is 35.9 Å². The molecule has 2 heterocycles. The van der Waals surface area contributed by atoms with Crippen molar-refractivity contribution in [2.24, 2.45) is 0 Å². The summed E-state index contributed by atoms with van der Waals surface area (Å²) in [5.74, 6) is -0.294. The molecule has 2 aliphatic heterocycles. The Balaban J connectivity index is 1.44. The highest BCUT2D eigenvalue weighted by atomic mass is 32.2. The second-order valence-corrected chi connectivity index (χ2v) is 9.11. The smallest absolute Gasteiger partial charge is 0.330 e. The van der Waals surface area contributed by atoms with Crippen molar-refractivity contribution in [3.8, 4) is 0 Å². The van der Waals surface area contributed by atoms with Crippen LogP contribution in [0.15, 0.2) is 30.3 Å². The quantitative estimate of drug-likeness (QED) is 0.766. The molecule has 0 unspecified atom stereocenters. The van der Waals surface area contributed by atoms with Gasteiger partial charge in [0.1, 0.15) is 10.9 Å². The molecule has 28 heavy (non-hydrogen) atoms. The lowest BCUT2D eigenvalue weighted by atomic mass is 10.0. The van der Waals surface area contributed by atoms with Crippen molar-refractivity contribution in [1.82, 2.24) is 10.2 Å². The van der Waals surface area contributed by atoms with E-state index in [4.69, 9.17) is 4.74 Å². The fraction of sp³-hybridized carbons (Fsp3) is 0.571. The third-order valence-electron chi connectivity index (χ3n) is 5.99. The SMILES string of the molecule is C[C@H](OC(=O)[C@H]1CS[C@@]2(c3ccccc3)CCC(=O)N12)C(=O)NC1CCCC1. The Labute approximate surface area is 169 Å². The Morgan fingerprint density at radius 1 is 1.25 bits per heavy atom. The number of carbonyl (C=O) groups is 3. The molecule has 2 saturated heterocycles. The number of ether oxygens (including phenoxy) is 1. The zero-order valence-corrected chi connectivity index (χ0v) is 16.9. The van der Waals surface area contributed by atoms with Crippen LogP contribution in [0.25, 0.3) is 0 Å². The van der Waals surface area contributed by atoms with Crippen molar-refractivity contribution >= 4 is 29.5 Å². The maximum atomic E-state index is 12.8. The van der Waals surface area contributed by atoms with Crippen molar-refractivity contribution in [1.29, 1.82) is 0 Å². The summed E-state index contributed by atoms with van der Waals surface area (Å²) in [6.45, 7) is 1.60. The molecule has 0 bridgehead atoms. The Kier molecular flexibility index (Phi) is 5.36. The van der Waals surface area contributed by atoms with Gasteiger partial charge in [0.25, 0.3) is 5.91 Å². The van der Waals surface area contributed by atoms with Gasteiger partial charge in [0.2, 0.25) is 5.91 Å². The fourth-order valence-corrected chi connectivity index (χ4v) is 6.15. The number of thioether (sulfide) groups is 1. The number of nitrogens with zero attached hydrogens (tertiary/aromatic N) is 1. The first kappa shape index (κ1) is 19.3. The van der Waals surface area contributed by atoms with E-state index in [9.17, 15) is 14.4 Å². The Morgan fingerprint density at radius 2 is 1.96 bits per heavy atom. The Hall–Kier alpha value is -2.02. The number of nitrogens with one attached hydrogen (secondary N) is 1. The second-order valence-electron chi connectivity index (χ2n) is 7.81. The predicted octanol–water partition coefficient (Wildman–Crippen LogP) is 2.57. The van der Waals surface area contributed by atoms with Crippen LogP contribution in [0.2, 0.25) is 0 Å². The minimum Gasteiger partial charge on any atom is -0.451 e. The van der Waals surface area contributed by atoms with Crippen LogP contribution in [-0.4, -0.2) is 46.6 Å². The van der Waals surface area contributed by atoms with Crippen LogP contribution in [0.1, 0.15) is 51.0 Å². The number of esters is 1. The third kappa shape index (κ3) is 3.41. The lowest BCUT2D eigenvalue weighted by Crippen LogP contribution is -2.48. The van der Waals surface area contributed by atoms with Crippen LogP contribution < -0.4 is 5.32 Å². The topological polar surface area (TPSA) is 75.7 Å². The molecule has 7 heteroatoms. The number of carbonyl (C=O) groups excluding carboxylic acids is 3. The van der Waals surface area contributed by atoms with Gasteiger partial charge in [-0.15, -0.1) is 11.8 Å². The first-order valence-electron chi connectivity index (χ1n) is 10.0. The zero-order chi connectivity index (χ0) is 19.7. The summed E-state index contributed by atoms with van der Waals surface area (Å²) in [6.07, 6.45) is 4.45. The second kappa shape index (κ2) is 7.78. The van der Waals surface area contributed by atoms with Gasteiger partial charge in [-0.3, -0.25) is 9.59 Å². The van der Waals surface area contributed by atoms with E-state index in [1.54, 1.807) is 23.6 Å². The number of rotatable bonds is 5. The molecule has 1 aromatic rings. The van der Waals surface area contributed by atoms with E-state index in [1.807, 2.05) is 30.3 Å². The molecule has 6 nitrogen and oxygen atoms in total. The van der Waals surface area contributed by atoms with Gasteiger partial charge in [0.15, 0.2) is 6.10 Å². The van der Waals surface area contributed by atoms with E-state index >= 15 is 0 Å². The molecule has 1 saturated carbocycles. The zero-order valence-electron chi connectivity index (χ0n) is 16.1. The van der Waals surface area contributed by atoms with E-state index in [0.717, 1.165) is 31.2 Å². The minimum atomic E-state index is -0.859. The van der Waals surface area contributed by atoms with Crippen molar-refractivity contribution in [3.63, 3.8) is 0 Å². The van der Waals surface area contributed by atoms with Gasteiger partial charge in [0.05, 0.1) is 0 Å². The number of fused-ring (bicyclic) bond motifs is 1. The van der Waals surface area contributed by atoms with Crippen LogP contribution in [-0.2, 0) is 24.0 Å².